The number of methoxy groups -OCH3 is 4. The Bertz CT molecular complexity index is 1370. The molecule has 3 aromatic rings. The number of hydrogen-bond donors (Lipinski definition) is 0. The first kappa shape index (κ1) is 27.1. The zero-order valence-corrected chi connectivity index (χ0v) is 22.8. The number of nitrogens with zero attached hydrogens (tertiary/aromatic N) is 1. The molecule has 4 rings (SSSR count). The van der Waals surface area contributed by atoms with Crippen LogP contribution >= 0.6 is 0 Å². The Morgan fingerprint density at radius 2 is 1.53 bits per heavy atom. The molecular formula is C31H35NO6. The summed E-state index contributed by atoms with van der Waals surface area (Å²) in [5.41, 5.74) is 2.55. The molecule has 0 radical (unpaired) electrons. The Balaban J connectivity index is 1.76. The van der Waals surface area contributed by atoms with Crippen LogP contribution in [0.3, 0.4) is 0 Å². The number of rotatable bonds is 10. The molecule has 200 valence electrons. The lowest BCUT2D eigenvalue weighted by Gasteiger charge is -2.26. The van der Waals surface area contributed by atoms with Crippen molar-refractivity contribution in [1.29, 1.82) is 0 Å². The van der Waals surface area contributed by atoms with E-state index in [-0.39, 0.29) is 5.92 Å². The molecule has 1 aliphatic carbocycles. The van der Waals surface area contributed by atoms with Gasteiger partial charge in [0.25, 0.3) is 0 Å². The largest absolute Gasteiger partial charge is 0.497 e. The van der Waals surface area contributed by atoms with E-state index >= 15 is 0 Å². The van der Waals surface area contributed by atoms with Crippen molar-refractivity contribution in [2.75, 3.05) is 49.1 Å². The second-order valence-corrected chi connectivity index (χ2v) is 9.39. The first-order valence-electron chi connectivity index (χ1n) is 12.5. The number of fused-ring (bicyclic) bond motifs is 1. The maximum Gasteiger partial charge on any atom is 0.339 e. The molecule has 0 fully saturated rings. The number of ether oxygens (including phenoxy) is 5. The van der Waals surface area contributed by atoms with Crippen LogP contribution in [-0.2, 0) is 11.2 Å². The van der Waals surface area contributed by atoms with Crippen LogP contribution in [0.5, 0.6) is 23.0 Å². The van der Waals surface area contributed by atoms with Crippen molar-refractivity contribution in [3.63, 3.8) is 0 Å². The van der Waals surface area contributed by atoms with Gasteiger partial charge in [-0.1, -0.05) is 36.4 Å². The summed E-state index contributed by atoms with van der Waals surface area (Å²) in [4.78, 5) is 15.7. The maximum atomic E-state index is 13.5. The third-order valence-corrected chi connectivity index (χ3v) is 6.75. The maximum absolute atomic E-state index is 13.5. The molecule has 0 aromatic heterocycles. The number of carbonyl (C=O) groups is 1. The highest BCUT2D eigenvalue weighted by atomic mass is 16.5. The van der Waals surface area contributed by atoms with Crippen LogP contribution in [0.15, 0.2) is 54.6 Å². The van der Waals surface area contributed by atoms with Gasteiger partial charge >= 0.3 is 5.97 Å². The number of benzene rings is 3. The molecule has 0 heterocycles. The average molecular weight is 518 g/mol. The standard InChI is InChI=1S/C31H35NO6/c1-32(2)15-14-20-8-7-9-22-16-26(21-10-12-24(34-3)13-11-21)27(19-25(20)22)38-31(33)23-17-28(35-4)30(37-6)29(18-23)36-5/h7-13,16-19,26-27H,14-15H2,1-6H3/t26-,27-/m1/s1. The summed E-state index contributed by atoms with van der Waals surface area (Å²) < 4.78 is 27.8. The fraction of sp³-hybridized carbons (Fsp3) is 0.323. The fourth-order valence-electron chi connectivity index (χ4n) is 4.71. The quantitative estimate of drug-likeness (QED) is 0.382. The second kappa shape index (κ2) is 12.0. The van der Waals surface area contributed by atoms with E-state index in [9.17, 15) is 4.79 Å². The van der Waals surface area contributed by atoms with E-state index in [0.29, 0.717) is 22.8 Å². The lowest BCUT2D eigenvalue weighted by molar-refractivity contribution is 0.0401. The van der Waals surface area contributed by atoms with Gasteiger partial charge in [-0.2, -0.15) is 0 Å². The Hall–Kier alpha value is -3.97. The smallest absolute Gasteiger partial charge is 0.339 e. The highest BCUT2D eigenvalue weighted by Gasteiger charge is 2.28. The molecule has 0 saturated carbocycles. The molecular weight excluding hydrogens is 482 g/mol. The molecule has 1 aliphatic rings. The van der Waals surface area contributed by atoms with Gasteiger partial charge in [0, 0.05) is 12.5 Å². The van der Waals surface area contributed by atoms with Crippen molar-refractivity contribution in [1.82, 2.24) is 4.90 Å². The van der Waals surface area contributed by atoms with Crippen LogP contribution in [-0.4, -0.2) is 66.1 Å². The lowest BCUT2D eigenvalue weighted by atomic mass is 9.86. The van der Waals surface area contributed by atoms with Crippen LogP contribution in [0.2, 0.25) is 0 Å². The van der Waals surface area contributed by atoms with Crippen LogP contribution in [0, 0.1) is 0 Å². The highest BCUT2D eigenvalue weighted by Crippen LogP contribution is 2.39. The number of hydrogen-bond acceptors (Lipinski definition) is 7. The Kier molecular flexibility index (Phi) is 8.59. The number of likely N-dealkylation sites (N-methyl/N-ethyl adjacent to an activating group) is 1. The third kappa shape index (κ3) is 5.78. The van der Waals surface area contributed by atoms with Crippen molar-refractivity contribution in [3.8, 4) is 23.0 Å². The molecule has 0 N–H and O–H groups in total. The van der Waals surface area contributed by atoms with E-state index in [0.717, 1.165) is 34.7 Å². The van der Waals surface area contributed by atoms with Crippen molar-refractivity contribution in [2.45, 2.75) is 18.4 Å². The summed E-state index contributed by atoms with van der Waals surface area (Å²) >= 11 is 0. The second-order valence-electron chi connectivity index (χ2n) is 9.39. The van der Waals surface area contributed by atoms with Gasteiger partial charge in [-0.15, -0.1) is 0 Å². The van der Waals surface area contributed by atoms with Gasteiger partial charge in [0.2, 0.25) is 5.75 Å². The molecule has 0 saturated heterocycles. The minimum absolute atomic E-state index is 0.177. The molecule has 2 atom stereocenters. The van der Waals surface area contributed by atoms with Crippen LogP contribution in [0.4, 0.5) is 0 Å². The normalized spacial score (nSPS) is 16.1. The van der Waals surface area contributed by atoms with E-state index in [4.69, 9.17) is 23.7 Å². The van der Waals surface area contributed by atoms with Gasteiger partial charge in [0.05, 0.1) is 34.0 Å². The van der Waals surface area contributed by atoms with Gasteiger partial charge in [0.1, 0.15) is 11.9 Å². The summed E-state index contributed by atoms with van der Waals surface area (Å²) in [6, 6.07) is 17.4. The van der Waals surface area contributed by atoms with E-state index in [2.05, 4.69) is 49.3 Å². The Morgan fingerprint density at radius 1 is 0.842 bits per heavy atom. The summed E-state index contributed by atoms with van der Waals surface area (Å²) in [5, 5.41) is 2.23. The summed E-state index contributed by atoms with van der Waals surface area (Å²) in [6.07, 6.45) is 4.62. The van der Waals surface area contributed by atoms with E-state index < -0.39 is 12.1 Å². The van der Waals surface area contributed by atoms with E-state index in [1.807, 2.05) is 24.3 Å². The molecule has 0 bridgehead atoms. The number of carbonyl (C=O) groups excluding carboxylic acids is 1. The predicted molar refractivity (Wildman–Crippen MR) is 148 cm³/mol. The predicted octanol–water partition coefficient (Wildman–Crippen LogP) is 3.41. The summed E-state index contributed by atoms with van der Waals surface area (Å²) in [7, 11) is 10.3. The first-order valence-corrected chi connectivity index (χ1v) is 12.5. The van der Waals surface area contributed by atoms with Crippen LogP contribution in [0.25, 0.3) is 12.2 Å². The molecule has 3 aromatic carbocycles. The Morgan fingerprint density at radius 3 is 2.11 bits per heavy atom. The van der Waals surface area contributed by atoms with Crippen molar-refractivity contribution < 1.29 is 28.5 Å². The minimum Gasteiger partial charge on any atom is -0.497 e. The van der Waals surface area contributed by atoms with Gasteiger partial charge < -0.3 is 28.6 Å². The van der Waals surface area contributed by atoms with Gasteiger partial charge in [-0.25, -0.2) is 4.79 Å². The first-order chi connectivity index (χ1) is 18.4. The zero-order valence-electron chi connectivity index (χ0n) is 22.8. The number of esters is 1. The lowest BCUT2D eigenvalue weighted by Crippen LogP contribution is -2.39. The average Bonchev–Trinajstić information content (AvgIpc) is 2.94. The fourth-order valence-corrected chi connectivity index (χ4v) is 4.71. The zero-order chi connectivity index (χ0) is 27.2. The monoisotopic (exact) mass is 517 g/mol. The molecule has 7 nitrogen and oxygen atoms in total. The Labute approximate surface area is 223 Å². The molecule has 0 unspecified atom stereocenters. The highest BCUT2D eigenvalue weighted by molar-refractivity contribution is 5.91. The topological polar surface area (TPSA) is 66.5 Å². The van der Waals surface area contributed by atoms with Gasteiger partial charge in [-0.05, 0) is 72.4 Å². The minimum atomic E-state index is -0.525. The molecule has 0 spiro atoms. The van der Waals surface area contributed by atoms with E-state index in [1.54, 1.807) is 19.2 Å². The van der Waals surface area contributed by atoms with E-state index in [1.165, 1.54) is 26.9 Å². The van der Waals surface area contributed by atoms with Gasteiger partial charge in [0.15, 0.2) is 11.5 Å². The van der Waals surface area contributed by atoms with Gasteiger partial charge in [-0.3, -0.25) is 0 Å². The molecule has 0 amide bonds. The molecule has 7 heteroatoms. The SMILES string of the molecule is COc1ccc([C@H]2C=c3cccc(CCN(C)C)c3=C[C@H]2OC(=O)c2cc(OC)c(OC)c(OC)c2)cc1. The molecule has 0 aliphatic heterocycles. The van der Waals surface area contributed by atoms with Crippen LogP contribution in [0.1, 0.15) is 27.4 Å². The summed E-state index contributed by atoms with van der Waals surface area (Å²) in [5.74, 6) is 1.31. The van der Waals surface area contributed by atoms with Crippen LogP contribution < -0.4 is 29.4 Å². The van der Waals surface area contributed by atoms with Crippen molar-refractivity contribution in [2.24, 2.45) is 0 Å². The summed E-state index contributed by atoms with van der Waals surface area (Å²) in [6.45, 7) is 0.919. The van der Waals surface area contributed by atoms with Crippen molar-refractivity contribution >= 4 is 18.1 Å². The van der Waals surface area contributed by atoms with Crippen molar-refractivity contribution in [3.05, 3.63) is 81.7 Å². The third-order valence-electron chi connectivity index (χ3n) is 6.75. The molecule has 38 heavy (non-hydrogen) atoms.